The third-order valence-corrected chi connectivity index (χ3v) is 5.92. The molecule has 0 aliphatic carbocycles. The molecular weight excluding hydrogens is 552 g/mol. The van der Waals surface area contributed by atoms with Crippen molar-refractivity contribution in [3.05, 3.63) is 119 Å². The molecule has 0 unspecified atom stereocenters. The summed E-state index contributed by atoms with van der Waals surface area (Å²) in [5.41, 5.74) is 2.37. The number of carbonyl (C=O) groups excluding carboxylic acids is 3. The van der Waals surface area contributed by atoms with E-state index in [-0.39, 0.29) is 16.8 Å². The van der Waals surface area contributed by atoms with Gasteiger partial charge in [-0.2, -0.15) is 0 Å². The molecule has 0 aliphatic rings. The summed E-state index contributed by atoms with van der Waals surface area (Å²) in [7, 11) is 0. The molecule has 44 heavy (non-hydrogen) atoms. The molecule has 0 fully saturated rings. The van der Waals surface area contributed by atoms with Crippen LogP contribution in [0.25, 0.3) is 0 Å². The van der Waals surface area contributed by atoms with Crippen LogP contribution in [0.2, 0.25) is 0 Å². The van der Waals surface area contributed by atoms with Gasteiger partial charge in [0.15, 0.2) is 0 Å². The number of carbonyl (C=O) groups is 3. The molecule has 5 N–H and O–H groups in total. The van der Waals surface area contributed by atoms with Crippen molar-refractivity contribution in [3.8, 4) is 36.5 Å². The summed E-state index contributed by atoms with van der Waals surface area (Å²) in [6.07, 6.45) is 11.0. The van der Waals surface area contributed by atoms with E-state index in [1.54, 1.807) is 86.6 Å². The van der Waals surface area contributed by atoms with Crippen molar-refractivity contribution in [1.82, 2.24) is 0 Å². The van der Waals surface area contributed by atoms with Crippen molar-refractivity contribution in [1.29, 1.82) is 0 Å². The number of hydrogen-bond acceptors (Lipinski definition) is 4. The summed E-state index contributed by atoms with van der Waals surface area (Å²) in [5, 5.41) is 20.8. The van der Waals surface area contributed by atoms with E-state index in [9.17, 15) is 19.5 Å². The smallest absolute Gasteiger partial charge is 0.323 e. The highest BCUT2D eigenvalue weighted by Gasteiger charge is 2.16. The van der Waals surface area contributed by atoms with Gasteiger partial charge in [0.25, 0.3) is 11.8 Å². The van der Waals surface area contributed by atoms with Crippen LogP contribution in [-0.4, -0.2) is 28.6 Å². The Labute approximate surface area is 255 Å². The quantitative estimate of drug-likeness (QED) is 0.182. The van der Waals surface area contributed by atoms with Crippen LogP contribution >= 0.6 is 0 Å². The number of terminal acetylenes is 2. The molecule has 4 aromatic rings. The molecule has 8 heteroatoms. The first-order chi connectivity index (χ1) is 21.0. The third kappa shape index (κ3) is 8.86. The van der Waals surface area contributed by atoms with Crippen LogP contribution in [0.4, 0.5) is 27.5 Å². The van der Waals surface area contributed by atoms with Crippen LogP contribution in [0.3, 0.4) is 0 Å². The Morgan fingerprint density at radius 1 is 0.614 bits per heavy atom. The van der Waals surface area contributed by atoms with Crippen molar-refractivity contribution in [2.75, 3.05) is 21.3 Å². The van der Waals surface area contributed by atoms with E-state index in [4.69, 9.17) is 12.8 Å². The van der Waals surface area contributed by atoms with Crippen molar-refractivity contribution in [2.45, 2.75) is 19.4 Å². The van der Waals surface area contributed by atoms with Gasteiger partial charge in [-0.3, -0.25) is 9.59 Å². The highest BCUT2D eigenvalue weighted by atomic mass is 16.3. The van der Waals surface area contributed by atoms with Crippen molar-refractivity contribution < 1.29 is 19.5 Å². The van der Waals surface area contributed by atoms with Gasteiger partial charge in [-0.25, -0.2) is 4.79 Å². The Bertz CT molecular complexity index is 1810. The zero-order valence-corrected chi connectivity index (χ0v) is 24.0. The van der Waals surface area contributed by atoms with E-state index < -0.39 is 23.4 Å². The van der Waals surface area contributed by atoms with Gasteiger partial charge >= 0.3 is 6.03 Å². The van der Waals surface area contributed by atoms with Gasteiger partial charge < -0.3 is 26.4 Å². The fourth-order valence-corrected chi connectivity index (χ4v) is 3.94. The lowest BCUT2D eigenvalue weighted by Crippen LogP contribution is -2.21. The minimum absolute atomic E-state index is 0.111. The minimum Gasteiger partial charge on any atom is -0.378 e. The zero-order valence-electron chi connectivity index (χ0n) is 24.0. The molecule has 4 aromatic carbocycles. The lowest BCUT2D eigenvalue weighted by molar-refractivity contribution is 0.102. The third-order valence-electron chi connectivity index (χ3n) is 5.92. The number of benzene rings is 4. The van der Waals surface area contributed by atoms with Gasteiger partial charge in [0.1, 0.15) is 5.60 Å². The normalized spacial score (nSPS) is 10.2. The van der Waals surface area contributed by atoms with E-state index in [1.807, 2.05) is 0 Å². The summed E-state index contributed by atoms with van der Waals surface area (Å²) in [4.78, 5) is 39.5. The Balaban J connectivity index is 1.60. The molecule has 0 heterocycles. The molecular formula is C36H28N4O4. The number of amides is 4. The second-order valence-electron chi connectivity index (χ2n) is 10.1. The van der Waals surface area contributed by atoms with Crippen molar-refractivity contribution in [2.24, 2.45) is 0 Å². The second kappa shape index (κ2) is 13.6. The fourth-order valence-electron chi connectivity index (χ4n) is 3.94. The summed E-state index contributed by atoms with van der Waals surface area (Å²) >= 11 is 0. The molecule has 4 amide bonds. The maximum absolute atomic E-state index is 13.3. The molecule has 0 aromatic heterocycles. The molecule has 0 bridgehead atoms. The summed E-state index contributed by atoms with van der Waals surface area (Å²) < 4.78 is 0. The van der Waals surface area contributed by atoms with Gasteiger partial charge in [0, 0.05) is 50.6 Å². The first kappa shape index (κ1) is 30.7. The van der Waals surface area contributed by atoms with E-state index in [1.165, 1.54) is 18.2 Å². The second-order valence-corrected chi connectivity index (χ2v) is 10.1. The number of aliphatic hydroxyl groups is 1. The van der Waals surface area contributed by atoms with Gasteiger partial charge in [-0.05, 0) is 86.6 Å². The van der Waals surface area contributed by atoms with E-state index in [0.29, 0.717) is 33.8 Å². The van der Waals surface area contributed by atoms with E-state index in [0.717, 1.165) is 0 Å². The highest BCUT2D eigenvalue weighted by Crippen LogP contribution is 2.21. The molecule has 216 valence electrons. The van der Waals surface area contributed by atoms with Crippen LogP contribution < -0.4 is 21.3 Å². The first-order valence-electron chi connectivity index (χ1n) is 13.4. The van der Waals surface area contributed by atoms with Gasteiger partial charge in [0.05, 0.1) is 0 Å². The maximum atomic E-state index is 13.3. The molecule has 8 nitrogen and oxygen atoms in total. The number of rotatable bonds is 6. The van der Waals surface area contributed by atoms with Gasteiger partial charge in [0.2, 0.25) is 0 Å². The predicted octanol–water partition coefficient (Wildman–Crippen LogP) is 5.92. The topological polar surface area (TPSA) is 120 Å². The molecule has 0 spiro atoms. The van der Waals surface area contributed by atoms with Crippen molar-refractivity contribution >= 4 is 40.6 Å². The van der Waals surface area contributed by atoms with E-state index >= 15 is 0 Å². The SMILES string of the molecule is C#Cc1cccc(NC(=O)c2cc(NC(=O)Nc3cccc(C#CC(C)(C)O)c3)cc(C(=O)Nc3cccc(C#C)c3)c2)c1. The molecule has 0 aliphatic heterocycles. The lowest BCUT2D eigenvalue weighted by Gasteiger charge is -2.13. The first-order valence-corrected chi connectivity index (χ1v) is 13.4. The number of hydrogen-bond donors (Lipinski definition) is 5. The molecule has 0 atom stereocenters. The van der Waals surface area contributed by atoms with Crippen LogP contribution in [0.15, 0.2) is 91.0 Å². The summed E-state index contributed by atoms with van der Waals surface area (Å²) in [6, 6.07) is 24.0. The standard InChI is InChI=1S/C36H28N4O4/c1-5-24-10-7-13-29(18-24)37-33(41)27-21-28(34(42)38-30-14-8-11-25(6-2)19-30)23-32(22-27)40-35(43)39-31-15-9-12-26(20-31)16-17-36(3,4)44/h1-2,7-15,18-23,44H,3-4H3,(H,37,41)(H,38,42)(H2,39,40,43). The van der Waals surface area contributed by atoms with Crippen molar-refractivity contribution in [3.63, 3.8) is 0 Å². The summed E-state index contributed by atoms with van der Waals surface area (Å²) in [5.74, 6) is 9.56. The molecule has 4 rings (SSSR count). The fraction of sp³-hybridized carbons (Fsp3) is 0.0833. The average Bonchev–Trinajstić information content (AvgIpc) is 2.99. The Morgan fingerprint density at radius 3 is 1.52 bits per heavy atom. The van der Waals surface area contributed by atoms with Gasteiger partial charge in [-0.1, -0.05) is 41.9 Å². The largest absolute Gasteiger partial charge is 0.378 e. The van der Waals surface area contributed by atoms with E-state index in [2.05, 4.69) is 44.9 Å². The average molecular weight is 581 g/mol. The number of anilines is 4. The number of nitrogens with one attached hydrogen (secondary N) is 4. The lowest BCUT2D eigenvalue weighted by atomic mass is 10.1. The zero-order chi connectivity index (χ0) is 31.7. The maximum Gasteiger partial charge on any atom is 0.323 e. The minimum atomic E-state index is -1.17. The highest BCUT2D eigenvalue weighted by molar-refractivity contribution is 6.11. The molecule has 0 saturated carbocycles. The predicted molar refractivity (Wildman–Crippen MR) is 173 cm³/mol. The Morgan fingerprint density at radius 2 is 1.05 bits per heavy atom. The molecule has 0 saturated heterocycles. The van der Waals surface area contributed by atoms with Crippen LogP contribution in [0.1, 0.15) is 51.3 Å². The molecule has 0 radical (unpaired) electrons. The number of urea groups is 1. The summed E-state index contributed by atoms with van der Waals surface area (Å²) in [6.45, 7) is 3.14. The van der Waals surface area contributed by atoms with Crippen LogP contribution in [0.5, 0.6) is 0 Å². The monoisotopic (exact) mass is 580 g/mol. The van der Waals surface area contributed by atoms with Crippen LogP contribution in [-0.2, 0) is 0 Å². The van der Waals surface area contributed by atoms with Gasteiger partial charge in [-0.15, -0.1) is 12.8 Å². The Hall–Kier alpha value is -6.27. The Kier molecular flexibility index (Phi) is 9.48. The van der Waals surface area contributed by atoms with Crippen LogP contribution in [0, 0.1) is 36.5 Å².